The molecular formula is C23H27F3N2O4S. The second-order valence-corrected chi connectivity index (χ2v) is 10.8. The molecule has 0 aliphatic carbocycles. The summed E-state index contributed by atoms with van der Waals surface area (Å²) in [7, 11) is -3.86. The smallest absolute Gasteiger partial charge is 0.230 e. The molecule has 0 unspecified atom stereocenters. The summed E-state index contributed by atoms with van der Waals surface area (Å²) in [5.74, 6) is -3.69. The van der Waals surface area contributed by atoms with Crippen LogP contribution in [0.5, 0.6) is 0 Å². The minimum absolute atomic E-state index is 0.0135. The topological polar surface area (TPSA) is 101 Å². The van der Waals surface area contributed by atoms with Gasteiger partial charge in [-0.15, -0.1) is 0 Å². The van der Waals surface area contributed by atoms with Crippen LogP contribution in [0, 0.1) is 28.8 Å². The molecule has 6 nitrogen and oxygen atoms in total. The third-order valence-corrected chi connectivity index (χ3v) is 6.94. The van der Waals surface area contributed by atoms with E-state index in [4.69, 9.17) is 5.14 Å². The number of carbonyl (C=O) groups is 1. The molecule has 2 aromatic carbocycles. The number of carbonyl (C=O) groups excluding carboxylic acids is 1. The Bertz CT molecular complexity index is 1130. The highest BCUT2D eigenvalue weighted by atomic mass is 32.2. The van der Waals surface area contributed by atoms with Gasteiger partial charge in [0.05, 0.1) is 17.8 Å². The number of aliphatic hydroxyl groups excluding tert-OH is 1. The summed E-state index contributed by atoms with van der Waals surface area (Å²) in [5.41, 5.74) is -0.925. The molecule has 0 saturated carbocycles. The fraction of sp³-hybridized carbons (Fsp3) is 0.435. The van der Waals surface area contributed by atoms with Crippen molar-refractivity contribution in [3.8, 4) is 11.1 Å². The standard InChI is InChI=1S/C23H27F3N2O4S/c1-23(2,13-29)22(30)28-7-6-15(12-33(27,31)32)20(28)10-14-4-3-5-19(21(14)26)16-8-17(24)11-18(25)9-16/h3-5,8-9,11,15,20,29H,6-7,10,12-13H2,1-2H3,(H2,27,31,32)/t15-,20+/m1/s1. The lowest BCUT2D eigenvalue weighted by molar-refractivity contribution is -0.143. The second kappa shape index (κ2) is 9.44. The van der Waals surface area contributed by atoms with Crippen LogP contribution in [-0.2, 0) is 21.2 Å². The third-order valence-electron chi connectivity index (χ3n) is 6.05. The first-order chi connectivity index (χ1) is 15.3. The van der Waals surface area contributed by atoms with Crippen molar-refractivity contribution in [2.75, 3.05) is 18.9 Å². The molecule has 1 fully saturated rings. The van der Waals surface area contributed by atoms with Crippen LogP contribution < -0.4 is 5.14 Å². The van der Waals surface area contributed by atoms with Gasteiger partial charge < -0.3 is 10.0 Å². The SMILES string of the molecule is CC(C)(CO)C(=O)N1CC[C@H](CS(N)(=O)=O)[C@@H]1Cc1cccc(-c2cc(F)cc(F)c2)c1F. The van der Waals surface area contributed by atoms with Crippen molar-refractivity contribution in [2.24, 2.45) is 16.5 Å². The summed E-state index contributed by atoms with van der Waals surface area (Å²) in [4.78, 5) is 14.5. The molecule has 1 heterocycles. The number of aliphatic hydroxyl groups is 1. The Labute approximate surface area is 191 Å². The predicted molar refractivity (Wildman–Crippen MR) is 118 cm³/mol. The highest BCUT2D eigenvalue weighted by Gasteiger charge is 2.43. The van der Waals surface area contributed by atoms with Crippen LogP contribution >= 0.6 is 0 Å². The average molecular weight is 485 g/mol. The summed E-state index contributed by atoms with van der Waals surface area (Å²) in [5, 5.41) is 14.9. The molecule has 3 rings (SSSR count). The van der Waals surface area contributed by atoms with Crippen LogP contribution in [0.3, 0.4) is 0 Å². The van der Waals surface area contributed by atoms with Gasteiger partial charge >= 0.3 is 0 Å². The summed E-state index contributed by atoms with van der Waals surface area (Å²) >= 11 is 0. The quantitative estimate of drug-likeness (QED) is 0.631. The van der Waals surface area contributed by atoms with Crippen LogP contribution in [0.25, 0.3) is 11.1 Å². The van der Waals surface area contributed by atoms with Gasteiger partial charge in [0.25, 0.3) is 0 Å². The van der Waals surface area contributed by atoms with Gasteiger partial charge in [-0.05, 0) is 55.9 Å². The Kier molecular flexibility index (Phi) is 7.21. The van der Waals surface area contributed by atoms with E-state index >= 15 is 4.39 Å². The van der Waals surface area contributed by atoms with Crippen LogP contribution in [0.1, 0.15) is 25.8 Å². The lowest BCUT2D eigenvalue weighted by atomic mass is 9.90. The number of benzene rings is 2. The van der Waals surface area contributed by atoms with E-state index in [2.05, 4.69) is 0 Å². The molecule has 0 aromatic heterocycles. The van der Waals surface area contributed by atoms with Crippen molar-refractivity contribution in [1.82, 2.24) is 4.90 Å². The molecule has 1 aliphatic rings. The number of primary sulfonamides is 1. The molecule has 3 N–H and O–H groups in total. The Balaban J connectivity index is 2.00. The second-order valence-electron chi connectivity index (χ2n) is 9.13. The highest BCUT2D eigenvalue weighted by Crippen LogP contribution is 2.34. The van der Waals surface area contributed by atoms with Crippen LogP contribution in [-0.4, -0.2) is 49.3 Å². The number of likely N-dealkylation sites (tertiary alicyclic amines) is 1. The number of hydrogen-bond donors (Lipinski definition) is 2. The highest BCUT2D eigenvalue weighted by molar-refractivity contribution is 7.89. The van der Waals surface area contributed by atoms with Crippen LogP contribution in [0.2, 0.25) is 0 Å². The van der Waals surface area contributed by atoms with Gasteiger partial charge in [0.15, 0.2) is 0 Å². The molecule has 33 heavy (non-hydrogen) atoms. The van der Waals surface area contributed by atoms with Gasteiger partial charge in [-0.1, -0.05) is 18.2 Å². The fourth-order valence-corrected chi connectivity index (χ4v) is 5.28. The first-order valence-corrected chi connectivity index (χ1v) is 12.2. The van der Waals surface area contributed by atoms with Gasteiger partial charge in [-0.2, -0.15) is 0 Å². The zero-order chi connectivity index (χ0) is 24.6. The first-order valence-electron chi connectivity index (χ1n) is 10.5. The van der Waals surface area contributed by atoms with E-state index in [0.29, 0.717) is 12.5 Å². The predicted octanol–water partition coefficient (Wildman–Crippen LogP) is 2.84. The Morgan fingerprint density at radius 2 is 1.82 bits per heavy atom. The zero-order valence-electron chi connectivity index (χ0n) is 18.4. The van der Waals surface area contributed by atoms with Crippen molar-refractivity contribution in [2.45, 2.75) is 32.7 Å². The van der Waals surface area contributed by atoms with E-state index in [-0.39, 0.29) is 41.3 Å². The molecule has 2 aromatic rings. The maximum atomic E-state index is 15.4. The number of sulfonamides is 1. The molecule has 0 spiro atoms. The zero-order valence-corrected chi connectivity index (χ0v) is 19.2. The summed E-state index contributed by atoms with van der Waals surface area (Å²) in [6.45, 7) is 2.96. The van der Waals surface area contributed by atoms with Gasteiger partial charge in [0, 0.05) is 24.2 Å². The Hall–Kier alpha value is -2.43. The number of halogens is 3. The largest absolute Gasteiger partial charge is 0.395 e. The van der Waals surface area contributed by atoms with Gasteiger partial charge in [0.1, 0.15) is 17.5 Å². The van der Waals surface area contributed by atoms with Crippen LogP contribution in [0.15, 0.2) is 36.4 Å². The molecule has 1 amide bonds. The normalized spacial score (nSPS) is 19.2. The van der Waals surface area contributed by atoms with Gasteiger partial charge in [0.2, 0.25) is 15.9 Å². The van der Waals surface area contributed by atoms with E-state index in [9.17, 15) is 27.1 Å². The number of nitrogens with zero attached hydrogens (tertiary/aromatic N) is 1. The van der Waals surface area contributed by atoms with Gasteiger partial charge in [-0.25, -0.2) is 26.7 Å². The first kappa shape index (κ1) is 25.2. The number of rotatable bonds is 7. The molecule has 180 valence electrons. The van der Waals surface area contributed by atoms with Crippen LogP contribution in [0.4, 0.5) is 13.2 Å². The summed E-state index contributed by atoms with van der Waals surface area (Å²) < 4.78 is 66.3. The van der Waals surface area contributed by atoms with E-state index in [1.807, 2.05) is 0 Å². The lowest BCUT2D eigenvalue weighted by Gasteiger charge is -2.34. The number of hydrogen-bond acceptors (Lipinski definition) is 4. The van der Waals surface area contributed by atoms with Crippen molar-refractivity contribution in [1.29, 1.82) is 0 Å². The van der Waals surface area contributed by atoms with E-state index in [1.165, 1.54) is 23.1 Å². The molecule has 1 aliphatic heterocycles. The molecule has 1 saturated heterocycles. The van der Waals surface area contributed by atoms with Crippen molar-refractivity contribution < 1.29 is 31.5 Å². The molecule has 0 radical (unpaired) electrons. The molecule has 10 heteroatoms. The molecule has 2 atom stereocenters. The Morgan fingerprint density at radius 1 is 1.18 bits per heavy atom. The third kappa shape index (κ3) is 5.74. The number of nitrogens with two attached hydrogens (primary N) is 1. The minimum Gasteiger partial charge on any atom is -0.395 e. The molecular weight excluding hydrogens is 457 g/mol. The monoisotopic (exact) mass is 484 g/mol. The molecule has 0 bridgehead atoms. The Morgan fingerprint density at radius 3 is 2.39 bits per heavy atom. The summed E-state index contributed by atoms with van der Waals surface area (Å²) in [6.07, 6.45) is 0.329. The van der Waals surface area contributed by atoms with Crippen molar-refractivity contribution in [3.63, 3.8) is 0 Å². The van der Waals surface area contributed by atoms with Crippen molar-refractivity contribution >= 4 is 15.9 Å². The van der Waals surface area contributed by atoms with E-state index in [1.54, 1.807) is 13.8 Å². The fourth-order valence-electron chi connectivity index (χ4n) is 4.29. The summed E-state index contributed by atoms with van der Waals surface area (Å²) in [6, 6.07) is 6.45. The van der Waals surface area contributed by atoms with E-state index < -0.39 is 51.5 Å². The average Bonchev–Trinajstić information content (AvgIpc) is 3.08. The lowest BCUT2D eigenvalue weighted by Crippen LogP contribution is -2.48. The van der Waals surface area contributed by atoms with Gasteiger partial charge in [-0.3, -0.25) is 4.79 Å². The van der Waals surface area contributed by atoms with Crippen molar-refractivity contribution in [3.05, 3.63) is 59.4 Å². The van der Waals surface area contributed by atoms with E-state index in [0.717, 1.165) is 12.1 Å². The number of amides is 1. The maximum absolute atomic E-state index is 15.4. The maximum Gasteiger partial charge on any atom is 0.230 e. The minimum atomic E-state index is -3.86.